The van der Waals surface area contributed by atoms with Gasteiger partial charge in [0.25, 0.3) is 5.91 Å². The van der Waals surface area contributed by atoms with Crippen LogP contribution in [0.1, 0.15) is 22.8 Å². The molecule has 2 N–H and O–H groups in total. The summed E-state index contributed by atoms with van der Waals surface area (Å²) in [7, 11) is 1.85. The Balaban J connectivity index is 1.08. The lowest BCUT2D eigenvalue weighted by Gasteiger charge is -2.54. The van der Waals surface area contributed by atoms with E-state index in [-0.39, 0.29) is 41.6 Å². The molecule has 1 spiro atoms. The first-order chi connectivity index (χ1) is 21.1. The van der Waals surface area contributed by atoms with E-state index in [2.05, 4.69) is 30.7 Å². The van der Waals surface area contributed by atoms with Crippen LogP contribution in [0.25, 0.3) is 22.4 Å². The summed E-state index contributed by atoms with van der Waals surface area (Å²) in [5.74, 6) is -0.477. The predicted octanol–water partition coefficient (Wildman–Crippen LogP) is 3.93. The fourth-order valence-electron chi connectivity index (χ4n) is 6.03. The molecule has 6 heterocycles. The first-order valence-corrected chi connectivity index (χ1v) is 15.1. The van der Waals surface area contributed by atoms with Crippen LogP contribution in [-0.2, 0) is 17.8 Å². The van der Waals surface area contributed by atoms with Crippen molar-refractivity contribution in [2.75, 3.05) is 56.7 Å². The average molecular weight is 635 g/mol. The van der Waals surface area contributed by atoms with Crippen LogP contribution in [0.2, 0.25) is 0 Å². The molecule has 0 unspecified atom stereocenters. The van der Waals surface area contributed by atoms with Crippen LogP contribution in [-0.4, -0.2) is 95.3 Å². The molecule has 2 atom stereocenters. The maximum atomic E-state index is 14.8. The van der Waals surface area contributed by atoms with Gasteiger partial charge in [-0.05, 0) is 31.7 Å². The minimum Gasteiger partial charge on any atom is -0.380 e. The Morgan fingerprint density at radius 1 is 1.23 bits per heavy atom. The number of carbonyl (C=O) groups excluding carboxylic acids is 1. The summed E-state index contributed by atoms with van der Waals surface area (Å²) >= 11 is 1.38. The third-order valence-corrected chi connectivity index (χ3v) is 9.23. The number of aromatic nitrogens is 4. The van der Waals surface area contributed by atoms with E-state index >= 15 is 0 Å². The van der Waals surface area contributed by atoms with Gasteiger partial charge in [0.15, 0.2) is 5.13 Å². The lowest BCUT2D eigenvalue weighted by Crippen LogP contribution is -2.66. The van der Waals surface area contributed by atoms with E-state index in [1.807, 2.05) is 11.9 Å². The first kappa shape index (κ1) is 29.0. The van der Waals surface area contributed by atoms with Gasteiger partial charge in [-0.15, -0.1) is 11.3 Å². The average Bonchev–Trinajstić information content (AvgIpc) is 3.66. The maximum Gasteiger partial charge on any atom is 0.406 e. The summed E-state index contributed by atoms with van der Waals surface area (Å²) in [5.41, 5.74) is 1.37. The molecule has 0 aliphatic carbocycles. The smallest absolute Gasteiger partial charge is 0.380 e. The summed E-state index contributed by atoms with van der Waals surface area (Å²) in [6, 6.07) is 6.00. The van der Waals surface area contributed by atoms with E-state index in [0.29, 0.717) is 29.6 Å². The van der Waals surface area contributed by atoms with Gasteiger partial charge >= 0.3 is 6.18 Å². The van der Waals surface area contributed by atoms with Gasteiger partial charge in [0.1, 0.15) is 18.4 Å². The quantitative estimate of drug-likeness (QED) is 0.279. The normalized spacial score (nSPS) is 21.8. The number of ether oxygens (including phenoxy) is 1. The second kappa shape index (κ2) is 11.0. The number of nitrogens with zero attached hydrogens (tertiary/aromatic N) is 6. The highest BCUT2D eigenvalue weighted by molar-refractivity contribution is 7.14. The van der Waals surface area contributed by atoms with Crippen molar-refractivity contribution in [3.63, 3.8) is 0 Å². The number of halogens is 4. The van der Waals surface area contributed by atoms with E-state index < -0.39 is 30.8 Å². The number of fused-ring (bicyclic) bond motifs is 1. The molecule has 4 aromatic rings. The predicted molar refractivity (Wildman–Crippen MR) is 154 cm³/mol. The molecule has 3 fully saturated rings. The van der Waals surface area contributed by atoms with E-state index in [9.17, 15) is 22.4 Å². The number of carbonyl (C=O) groups is 1. The number of hydrogen-bond donors (Lipinski definition) is 2. The number of piperidine rings is 1. The summed E-state index contributed by atoms with van der Waals surface area (Å²) in [6.45, 7) is 2.76. The second-order valence-corrected chi connectivity index (χ2v) is 12.7. The third-order valence-electron chi connectivity index (χ3n) is 8.33. The Kier molecular flexibility index (Phi) is 7.24. The van der Waals surface area contributed by atoms with Crippen molar-refractivity contribution in [1.29, 1.82) is 0 Å². The molecule has 3 aliphatic rings. The molecule has 16 heteroatoms. The number of alkyl halides is 4. The van der Waals surface area contributed by atoms with Crippen LogP contribution in [0.3, 0.4) is 0 Å². The molecular formula is C28H30F4N8O3S. The Labute approximate surface area is 253 Å². The number of hydrogen-bond acceptors (Lipinski definition) is 10. The molecule has 1 amide bonds. The van der Waals surface area contributed by atoms with Gasteiger partial charge in [-0.25, -0.2) is 9.37 Å². The standard InChI is InChI=1S/C28H30F4N8O3S/c1-38-6-5-19(17(29)9-38)34-18-3-2-4-21-16(18)7-22(40(21)13-28(30,31)32)24-36-23(43-37-24)8-33-25(41)20-10-44-26(35-20)39-11-27(12-39)14-42-15-27/h2-4,7,10,17,19,34H,5-6,8-9,11-15H2,1H3,(H,33,41)/t17-,19+/m0/s1. The molecule has 3 aliphatic heterocycles. The molecule has 3 saturated heterocycles. The zero-order valence-electron chi connectivity index (χ0n) is 23.7. The van der Waals surface area contributed by atoms with E-state index in [4.69, 9.17) is 9.26 Å². The minimum atomic E-state index is -4.53. The van der Waals surface area contributed by atoms with Crippen LogP contribution >= 0.6 is 11.3 Å². The minimum absolute atomic E-state index is 0.0206. The van der Waals surface area contributed by atoms with Crippen LogP contribution in [0, 0.1) is 5.41 Å². The molecule has 1 aromatic carbocycles. The molecular weight excluding hydrogens is 604 g/mol. The first-order valence-electron chi connectivity index (χ1n) is 14.2. The van der Waals surface area contributed by atoms with Crippen LogP contribution < -0.4 is 15.5 Å². The van der Waals surface area contributed by atoms with E-state index in [1.54, 1.807) is 29.6 Å². The maximum absolute atomic E-state index is 14.8. The van der Waals surface area contributed by atoms with Gasteiger partial charge in [-0.2, -0.15) is 18.2 Å². The van der Waals surface area contributed by atoms with Gasteiger partial charge in [0.2, 0.25) is 11.7 Å². The number of rotatable bonds is 8. The number of nitrogens with one attached hydrogen (secondary N) is 2. The Morgan fingerprint density at radius 2 is 2.05 bits per heavy atom. The topological polar surface area (TPSA) is 114 Å². The highest BCUT2D eigenvalue weighted by Gasteiger charge is 2.49. The monoisotopic (exact) mass is 634 g/mol. The fraction of sp³-hybridized carbons (Fsp3) is 0.500. The molecule has 7 rings (SSSR count). The number of thiazole rings is 1. The third kappa shape index (κ3) is 5.61. The Bertz CT molecular complexity index is 1670. The van der Waals surface area contributed by atoms with Gasteiger partial charge in [-0.3, -0.25) is 4.79 Å². The summed E-state index contributed by atoms with van der Waals surface area (Å²) < 4.78 is 67.5. The van der Waals surface area contributed by atoms with Crippen LogP contribution in [0.4, 0.5) is 28.4 Å². The zero-order chi connectivity index (χ0) is 30.6. The van der Waals surface area contributed by atoms with Crippen LogP contribution in [0.15, 0.2) is 34.2 Å². The van der Waals surface area contributed by atoms with Crippen molar-refractivity contribution in [2.24, 2.45) is 5.41 Å². The molecule has 0 bridgehead atoms. The molecule has 11 nitrogen and oxygen atoms in total. The lowest BCUT2D eigenvalue weighted by molar-refractivity contribution is -0.139. The number of likely N-dealkylation sites (tertiary alicyclic amines) is 1. The van der Waals surface area contributed by atoms with Crippen molar-refractivity contribution in [1.82, 2.24) is 29.9 Å². The zero-order valence-corrected chi connectivity index (χ0v) is 24.6. The lowest BCUT2D eigenvalue weighted by atomic mass is 9.78. The highest BCUT2D eigenvalue weighted by Crippen LogP contribution is 2.41. The van der Waals surface area contributed by atoms with E-state index in [0.717, 1.165) is 36.0 Å². The number of amides is 1. The summed E-state index contributed by atoms with van der Waals surface area (Å²) in [5, 5.41) is 12.7. The summed E-state index contributed by atoms with van der Waals surface area (Å²) in [4.78, 5) is 25.5. The Hall–Kier alpha value is -3.76. The second-order valence-electron chi connectivity index (χ2n) is 11.8. The largest absolute Gasteiger partial charge is 0.406 e. The SMILES string of the molecule is CN1CC[C@@H](Nc2cccc3c2cc(-c2noc(CNC(=O)c4csc(N5CC6(COC6)C5)n4)n2)n3CC(F)(F)F)[C@@H](F)C1. The Morgan fingerprint density at radius 3 is 2.77 bits per heavy atom. The van der Waals surface area contributed by atoms with Crippen LogP contribution in [0.5, 0.6) is 0 Å². The van der Waals surface area contributed by atoms with Crippen molar-refractivity contribution in [3.8, 4) is 11.5 Å². The number of anilines is 2. The van der Waals surface area contributed by atoms with Gasteiger partial charge < -0.3 is 34.3 Å². The van der Waals surface area contributed by atoms with Gasteiger partial charge in [0, 0.05) is 42.6 Å². The van der Waals surface area contributed by atoms with Crippen molar-refractivity contribution in [3.05, 3.63) is 41.2 Å². The highest BCUT2D eigenvalue weighted by atomic mass is 32.1. The van der Waals surface area contributed by atoms with E-state index in [1.165, 1.54) is 11.3 Å². The fourth-order valence-corrected chi connectivity index (χ4v) is 6.83. The van der Waals surface area contributed by atoms with Gasteiger partial charge in [-0.1, -0.05) is 11.2 Å². The molecule has 0 saturated carbocycles. The molecule has 0 radical (unpaired) electrons. The molecule has 234 valence electrons. The van der Waals surface area contributed by atoms with Crippen molar-refractivity contribution >= 4 is 39.0 Å². The molecule has 44 heavy (non-hydrogen) atoms. The van der Waals surface area contributed by atoms with Crippen molar-refractivity contribution in [2.45, 2.75) is 37.9 Å². The molecule has 3 aromatic heterocycles. The number of benzene rings is 1. The van der Waals surface area contributed by atoms with Gasteiger partial charge in [0.05, 0.1) is 42.4 Å². The van der Waals surface area contributed by atoms with Crippen molar-refractivity contribution < 1.29 is 31.6 Å². The summed E-state index contributed by atoms with van der Waals surface area (Å²) in [6.07, 6.45) is -5.10.